The largest absolute Gasteiger partial charge is 0.388 e. The van der Waals surface area contributed by atoms with Gasteiger partial charge in [0.25, 0.3) is 0 Å². The molecule has 5 N–H and O–H groups in total. The number of ether oxygens (including phenoxy) is 1. The highest BCUT2D eigenvalue weighted by atomic mass is 35.5. The van der Waals surface area contributed by atoms with E-state index in [1.54, 1.807) is 13.2 Å². The van der Waals surface area contributed by atoms with Crippen LogP contribution in [0.5, 0.6) is 0 Å². The summed E-state index contributed by atoms with van der Waals surface area (Å²) in [5.74, 6) is 0.159. The van der Waals surface area contributed by atoms with Crippen LogP contribution in [0.2, 0.25) is 0 Å². The van der Waals surface area contributed by atoms with Crippen LogP contribution in [0.3, 0.4) is 0 Å². The van der Waals surface area contributed by atoms with Crippen molar-refractivity contribution in [1.29, 1.82) is 0 Å². The van der Waals surface area contributed by atoms with Crippen LogP contribution in [0.25, 0.3) is 0 Å². The number of carbonyl (C=O) groups excluding carboxylic acids is 1. The van der Waals surface area contributed by atoms with Gasteiger partial charge in [-0.2, -0.15) is 0 Å². The molecule has 10 heteroatoms. The lowest BCUT2D eigenvalue weighted by Crippen LogP contribution is -2.65. The molecule has 1 amide bonds. The number of hydrogen-bond acceptors (Lipinski definition) is 7. The summed E-state index contributed by atoms with van der Waals surface area (Å²) in [6.45, 7) is 2.05. The Labute approximate surface area is 181 Å². The number of aliphatic hydroxyl groups excluding tert-OH is 3. The molecule has 0 spiro atoms. The van der Waals surface area contributed by atoms with Gasteiger partial charge in [-0.1, -0.05) is 0 Å². The topological polar surface area (TPSA) is 111 Å². The molecule has 1 unspecified atom stereocenters. The predicted octanol–water partition coefficient (Wildman–Crippen LogP) is 0.777. The lowest BCUT2D eigenvalue weighted by Gasteiger charge is -2.44. The monoisotopic (exact) mass is 456 g/mol. The van der Waals surface area contributed by atoms with E-state index in [4.69, 9.17) is 16.3 Å². The van der Waals surface area contributed by atoms with Crippen LogP contribution in [0.1, 0.15) is 39.0 Å². The van der Waals surface area contributed by atoms with Crippen molar-refractivity contribution in [1.82, 2.24) is 10.6 Å². The molecule has 29 heavy (non-hydrogen) atoms. The highest BCUT2D eigenvalue weighted by Gasteiger charge is 2.48. The van der Waals surface area contributed by atoms with E-state index >= 15 is 0 Å². The number of aliphatic hydroxyl groups is 3. The maximum atomic E-state index is 12.9. The van der Waals surface area contributed by atoms with Gasteiger partial charge in [-0.3, -0.25) is 9.18 Å². The van der Waals surface area contributed by atoms with Crippen molar-refractivity contribution < 1.29 is 29.2 Å². The Kier molecular flexibility index (Phi) is 10.4. The molecule has 170 valence electrons. The molecule has 2 aliphatic heterocycles. The molecule has 0 saturated carbocycles. The van der Waals surface area contributed by atoms with Crippen LogP contribution in [0.15, 0.2) is 0 Å². The summed E-state index contributed by atoms with van der Waals surface area (Å²) >= 11 is 7.51. The number of hydrogen-bond donors (Lipinski definition) is 5. The van der Waals surface area contributed by atoms with E-state index < -0.39 is 47.3 Å². The number of rotatable bonds is 8. The Bertz CT molecular complexity index is 519. The van der Waals surface area contributed by atoms with Crippen LogP contribution < -0.4 is 10.6 Å². The summed E-state index contributed by atoms with van der Waals surface area (Å²) in [5.41, 5.74) is -0.736. The van der Waals surface area contributed by atoms with Gasteiger partial charge in [-0.15, -0.1) is 23.4 Å². The van der Waals surface area contributed by atoms with E-state index in [2.05, 4.69) is 10.6 Å². The maximum Gasteiger partial charge on any atom is 0.237 e. The second-order valence-electron chi connectivity index (χ2n) is 7.96. The first kappa shape index (κ1) is 25.1. The third-order valence-corrected chi connectivity index (χ3v) is 6.99. The Morgan fingerprint density at radius 1 is 1.28 bits per heavy atom. The van der Waals surface area contributed by atoms with Crippen molar-refractivity contribution >= 4 is 29.3 Å². The van der Waals surface area contributed by atoms with Gasteiger partial charge < -0.3 is 30.7 Å². The van der Waals surface area contributed by atoms with Gasteiger partial charge in [0.1, 0.15) is 29.9 Å². The molecule has 0 aromatic carbocycles. The van der Waals surface area contributed by atoms with E-state index in [1.807, 2.05) is 0 Å². The Morgan fingerprint density at radius 2 is 2.00 bits per heavy atom. The molecule has 0 radical (unpaired) electrons. The Morgan fingerprint density at radius 3 is 2.62 bits per heavy atom. The maximum absolute atomic E-state index is 12.9. The summed E-state index contributed by atoms with van der Waals surface area (Å²) in [6, 6.07) is -1.15. The summed E-state index contributed by atoms with van der Waals surface area (Å²) in [7, 11) is 0. The molecule has 2 aliphatic rings. The first-order valence-corrected chi connectivity index (χ1v) is 12.0. The van der Waals surface area contributed by atoms with E-state index in [0.717, 1.165) is 19.3 Å². The smallest absolute Gasteiger partial charge is 0.237 e. The van der Waals surface area contributed by atoms with E-state index in [1.165, 1.54) is 11.8 Å². The summed E-state index contributed by atoms with van der Waals surface area (Å²) < 4.78 is 18.2. The SMILES string of the molecule is CS[C@H]1OC([C@H](NC(=O)[C@@H]2CC[C@H](CCCF)CCN2)[C@H](C)Cl)[C@H](O)[C@H](O)[C@H]1O. The van der Waals surface area contributed by atoms with Crippen molar-refractivity contribution in [3.05, 3.63) is 0 Å². The van der Waals surface area contributed by atoms with Gasteiger partial charge >= 0.3 is 0 Å². The molecule has 0 aromatic rings. The molecule has 0 aliphatic carbocycles. The van der Waals surface area contributed by atoms with Crippen molar-refractivity contribution in [2.45, 2.75) is 86.3 Å². The minimum absolute atomic E-state index is 0.245. The predicted molar refractivity (Wildman–Crippen MR) is 112 cm³/mol. The molecule has 2 saturated heterocycles. The normalized spacial score (nSPS) is 38.1. The molecule has 7 nitrogen and oxygen atoms in total. The molecule has 2 fully saturated rings. The minimum atomic E-state index is -1.40. The van der Waals surface area contributed by atoms with Gasteiger partial charge in [0.15, 0.2) is 0 Å². The Hall–Kier alpha value is -0.160. The first-order valence-electron chi connectivity index (χ1n) is 10.3. The fourth-order valence-electron chi connectivity index (χ4n) is 4.08. The van der Waals surface area contributed by atoms with Gasteiger partial charge in [0, 0.05) is 0 Å². The minimum Gasteiger partial charge on any atom is -0.388 e. The second-order valence-corrected chi connectivity index (χ2v) is 9.58. The quantitative estimate of drug-likeness (QED) is 0.343. The fraction of sp³-hybridized carbons (Fsp3) is 0.947. The number of alkyl halides is 2. The van der Waals surface area contributed by atoms with E-state index in [9.17, 15) is 24.5 Å². The van der Waals surface area contributed by atoms with Gasteiger partial charge in [0.05, 0.1) is 24.1 Å². The van der Waals surface area contributed by atoms with Crippen LogP contribution in [-0.4, -0.2) is 88.0 Å². The summed E-state index contributed by atoms with van der Waals surface area (Å²) in [6.07, 6.45) is 0.517. The average molecular weight is 457 g/mol. The summed E-state index contributed by atoms with van der Waals surface area (Å²) in [4.78, 5) is 12.9. The van der Waals surface area contributed by atoms with Crippen molar-refractivity contribution in [2.24, 2.45) is 5.92 Å². The van der Waals surface area contributed by atoms with Crippen LogP contribution in [0.4, 0.5) is 4.39 Å². The van der Waals surface area contributed by atoms with Crippen LogP contribution in [0, 0.1) is 5.92 Å². The van der Waals surface area contributed by atoms with Crippen molar-refractivity contribution in [3.8, 4) is 0 Å². The zero-order chi connectivity index (χ0) is 21.6. The molecular weight excluding hydrogens is 423 g/mol. The van der Waals surface area contributed by atoms with E-state index in [-0.39, 0.29) is 12.6 Å². The molecule has 9 atom stereocenters. The summed E-state index contributed by atoms with van der Waals surface area (Å²) in [5, 5.41) is 36.2. The van der Waals surface area contributed by atoms with Gasteiger partial charge in [-0.05, 0) is 57.7 Å². The van der Waals surface area contributed by atoms with Crippen molar-refractivity contribution in [3.63, 3.8) is 0 Å². The van der Waals surface area contributed by atoms with E-state index in [0.29, 0.717) is 25.3 Å². The fourth-order valence-corrected chi connectivity index (χ4v) is 4.96. The number of amides is 1. The first-order chi connectivity index (χ1) is 13.8. The van der Waals surface area contributed by atoms with Gasteiger partial charge in [-0.25, -0.2) is 0 Å². The molecular formula is C19H34ClFN2O5S. The highest BCUT2D eigenvalue weighted by Crippen LogP contribution is 2.30. The Balaban J connectivity index is 2.01. The molecule has 0 bridgehead atoms. The third kappa shape index (κ3) is 6.66. The molecule has 2 rings (SSSR count). The molecule has 0 aromatic heterocycles. The van der Waals surface area contributed by atoms with Crippen LogP contribution in [-0.2, 0) is 9.53 Å². The number of carbonyl (C=O) groups is 1. The van der Waals surface area contributed by atoms with Crippen molar-refractivity contribution in [2.75, 3.05) is 19.5 Å². The zero-order valence-electron chi connectivity index (χ0n) is 17.0. The standard InChI is InChI=1S/C19H34ClFN2O5S/c1-10(20)13(17-15(25)14(24)16(26)19(28-17)29-2)23-18(27)12-6-5-11(4-3-8-21)7-9-22-12/h10-17,19,22,24-26H,3-9H2,1-2H3,(H,23,27)/t10-,11-,12-,13+,14-,15+,16+,17?,19+/m0/s1. The highest BCUT2D eigenvalue weighted by molar-refractivity contribution is 7.99. The number of thioether (sulfide) groups is 1. The van der Waals surface area contributed by atoms with Gasteiger partial charge in [0.2, 0.25) is 5.91 Å². The lowest BCUT2D eigenvalue weighted by atomic mass is 9.92. The number of nitrogens with one attached hydrogen (secondary N) is 2. The zero-order valence-corrected chi connectivity index (χ0v) is 18.5. The average Bonchev–Trinajstić information content (AvgIpc) is 2.95. The number of halogens is 2. The second kappa shape index (κ2) is 12.0. The lowest BCUT2D eigenvalue weighted by molar-refractivity contribution is -0.205. The molecule has 2 heterocycles. The third-order valence-electron chi connectivity index (χ3n) is 5.87. The van der Waals surface area contributed by atoms with Crippen LogP contribution >= 0.6 is 23.4 Å².